The second-order valence-electron chi connectivity index (χ2n) is 8.33. The molecule has 12 heteroatoms. The number of imidazole rings is 1. The molecule has 5 rings (SSSR count). The molecule has 2 saturated heterocycles. The van der Waals surface area contributed by atoms with Crippen molar-refractivity contribution in [3.05, 3.63) is 22.1 Å². The summed E-state index contributed by atoms with van der Waals surface area (Å²) in [4.78, 5) is 16.2. The number of hydrogen-bond acceptors (Lipinski definition) is 8. The van der Waals surface area contributed by atoms with Crippen molar-refractivity contribution < 1.29 is 14.2 Å². The molecule has 160 valence electrons. The van der Waals surface area contributed by atoms with Crippen molar-refractivity contribution in [2.24, 2.45) is 5.11 Å². The number of nitrogens with one attached hydrogen (secondary N) is 1. The highest BCUT2D eigenvalue weighted by Gasteiger charge is 2.55. The van der Waals surface area contributed by atoms with Gasteiger partial charge in [0, 0.05) is 11.0 Å². The third-order valence-corrected chi connectivity index (χ3v) is 5.98. The number of nitrogens with zero attached hydrogens (tertiary/aromatic N) is 7. The molecular weight excluding hydrogens is 412 g/mol. The lowest BCUT2D eigenvalue weighted by molar-refractivity contribution is -0.195. The summed E-state index contributed by atoms with van der Waals surface area (Å²) in [5.74, 6) is -0.149. The van der Waals surface area contributed by atoms with Gasteiger partial charge < -0.3 is 19.5 Å². The van der Waals surface area contributed by atoms with E-state index in [4.69, 9.17) is 31.3 Å². The van der Waals surface area contributed by atoms with Crippen molar-refractivity contribution in [1.29, 1.82) is 0 Å². The SMILES string of the molecule is CC1(C)O[C@@H]2[C@H](O1)[C@@H](CN=[N+]=[N-])O[C@H]2n1cnc2c(NC3CCCC3)nc(Cl)nc21. The average molecular weight is 435 g/mol. The molecule has 0 aromatic carbocycles. The summed E-state index contributed by atoms with van der Waals surface area (Å²) in [7, 11) is 0. The normalized spacial score (nSPS) is 30.5. The van der Waals surface area contributed by atoms with Crippen molar-refractivity contribution in [2.75, 3.05) is 11.9 Å². The molecule has 4 atom stereocenters. The fraction of sp³-hybridized carbons (Fsp3) is 0.722. The number of rotatable bonds is 5. The number of hydrogen-bond donors (Lipinski definition) is 1. The van der Waals surface area contributed by atoms with E-state index in [1.54, 1.807) is 10.9 Å². The molecule has 0 bridgehead atoms. The Kier molecular flexibility index (Phi) is 4.95. The minimum absolute atomic E-state index is 0.133. The van der Waals surface area contributed by atoms with E-state index in [2.05, 4.69) is 30.3 Å². The Bertz CT molecular complexity index is 1000. The Morgan fingerprint density at radius 1 is 1.30 bits per heavy atom. The average Bonchev–Trinajstić information content (AvgIpc) is 3.44. The van der Waals surface area contributed by atoms with Gasteiger partial charge in [-0.3, -0.25) is 4.57 Å². The molecule has 30 heavy (non-hydrogen) atoms. The van der Waals surface area contributed by atoms with E-state index >= 15 is 0 Å². The quantitative estimate of drug-likeness (QED) is 0.329. The lowest BCUT2D eigenvalue weighted by atomic mass is 10.1. The van der Waals surface area contributed by atoms with E-state index in [1.165, 1.54) is 12.8 Å². The van der Waals surface area contributed by atoms with E-state index in [0.29, 0.717) is 23.0 Å². The number of azide groups is 1. The van der Waals surface area contributed by atoms with Crippen LogP contribution in [0.25, 0.3) is 21.6 Å². The van der Waals surface area contributed by atoms with E-state index in [9.17, 15) is 0 Å². The second-order valence-corrected chi connectivity index (χ2v) is 8.67. The molecule has 11 nitrogen and oxygen atoms in total. The topological polar surface area (TPSA) is 132 Å². The van der Waals surface area contributed by atoms with Crippen molar-refractivity contribution in [3.8, 4) is 0 Å². The van der Waals surface area contributed by atoms with Gasteiger partial charge in [-0.25, -0.2) is 4.98 Å². The van der Waals surface area contributed by atoms with Crippen LogP contribution in [0.3, 0.4) is 0 Å². The molecule has 0 spiro atoms. The summed E-state index contributed by atoms with van der Waals surface area (Å²) in [6.07, 6.45) is 4.48. The maximum atomic E-state index is 8.72. The zero-order chi connectivity index (χ0) is 20.9. The zero-order valence-corrected chi connectivity index (χ0v) is 17.5. The third-order valence-electron chi connectivity index (χ3n) is 5.81. The second kappa shape index (κ2) is 7.51. The predicted molar refractivity (Wildman–Crippen MR) is 108 cm³/mol. The first kappa shape index (κ1) is 19.8. The number of anilines is 1. The van der Waals surface area contributed by atoms with Gasteiger partial charge in [-0.1, -0.05) is 18.0 Å². The fourth-order valence-corrected chi connectivity index (χ4v) is 4.75. The first-order chi connectivity index (χ1) is 14.4. The number of fused-ring (bicyclic) bond motifs is 2. The lowest BCUT2D eigenvalue weighted by Gasteiger charge is -2.24. The molecule has 4 heterocycles. The van der Waals surface area contributed by atoms with Crippen molar-refractivity contribution in [3.63, 3.8) is 0 Å². The van der Waals surface area contributed by atoms with Gasteiger partial charge >= 0.3 is 0 Å². The molecule has 1 N–H and O–H groups in total. The van der Waals surface area contributed by atoms with E-state index in [0.717, 1.165) is 12.8 Å². The van der Waals surface area contributed by atoms with Gasteiger partial charge in [-0.05, 0) is 43.8 Å². The van der Waals surface area contributed by atoms with Gasteiger partial charge in [0.25, 0.3) is 0 Å². The molecule has 3 aliphatic rings. The summed E-state index contributed by atoms with van der Waals surface area (Å²) < 4.78 is 20.1. The van der Waals surface area contributed by atoms with Crippen LogP contribution in [-0.4, -0.2) is 56.2 Å². The van der Waals surface area contributed by atoms with Crippen LogP contribution in [0, 0.1) is 0 Å². The first-order valence-corrected chi connectivity index (χ1v) is 10.5. The van der Waals surface area contributed by atoms with E-state index in [1.807, 2.05) is 13.8 Å². The smallest absolute Gasteiger partial charge is 0.226 e. The Hall–Kier alpha value is -2.17. The Labute approximate surface area is 177 Å². The van der Waals surface area contributed by atoms with Crippen LogP contribution in [-0.2, 0) is 14.2 Å². The van der Waals surface area contributed by atoms with Crippen LogP contribution in [0.4, 0.5) is 5.82 Å². The zero-order valence-electron chi connectivity index (χ0n) is 16.7. The van der Waals surface area contributed by atoms with Gasteiger partial charge in [0.05, 0.1) is 19.0 Å². The van der Waals surface area contributed by atoms with Crippen LogP contribution in [0.5, 0.6) is 0 Å². The van der Waals surface area contributed by atoms with Gasteiger partial charge in [0.2, 0.25) is 5.28 Å². The monoisotopic (exact) mass is 434 g/mol. The van der Waals surface area contributed by atoms with E-state index < -0.39 is 24.2 Å². The summed E-state index contributed by atoms with van der Waals surface area (Å²) >= 11 is 6.24. The van der Waals surface area contributed by atoms with Gasteiger partial charge in [0.1, 0.15) is 12.2 Å². The molecule has 0 radical (unpaired) electrons. The predicted octanol–water partition coefficient (Wildman–Crippen LogP) is 3.56. The largest absolute Gasteiger partial charge is 0.365 e. The van der Waals surface area contributed by atoms with Crippen LogP contribution in [0.1, 0.15) is 45.8 Å². The van der Waals surface area contributed by atoms with Gasteiger partial charge in [-0.15, -0.1) is 0 Å². The molecule has 3 fully saturated rings. The number of aromatic nitrogens is 4. The van der Waals surface area contributed by atoms with Crippen LogP contribution in [0.15, 0.2) is 11.4 Å². The molecule has 1 aliphatic carbocycles. The standard InChI is InChI=1S/C18H23ClN8O3/c1-18(2)29-12-10(7-22-26-20)28-16(13(12)30-18)27-8-21-11-14(23-9-5-3-4-6-9)24-17(19)25-15(11)27/h8-10,12-13,16H,3-7H2,1-2H3,(H,23,24,25)/t10-,12-,13-,16-/m1/s1. The molecule has 0 unspecified atom stereocenters. The minimum atomic E-state index is -0.774. The highest BCUT2D eigenvalue weighted by atomic mass is 35.5. The molecule has 2 aromatic heterocycles. The van der Waals surface area contributed by atoms with Crippen LogP contribution >= 0.6 is 11.6 Å². The maximum Gasteiger partial charge on any atom is 0.226 e. The lowest BCUT2D eigenvalue weighted by Crippen LogP contribution is -2.31. The van der Waals surface area contributed by atoms with Crippen LogP contribution in [0.2, 0.25) is 5.28 Å². The van der Waals surface area contributed by atoms with Crippen molar-refractivity contribution in [2.45, 2.75) is 75.9 Å². The summed E-state index contributed by atoms with van der Waals surface area (Å²) in [6, 6.07) is 0.358. The summed E-state index contributed by atoms with van der Waals surface area (Å²) in [5, 5.41) is 7.26. The highest BCUT2D eigenvalue weighted by molar-refractivity contribution is 6.28. The molecule has 0 amide bonds. The Balaban J connectivity index is 1.51. The van der Waals surface area contributed by atoms with Crippen LogP contribution < -0.4 is 5.32 Å². The fourth-order valence-electron chi connectivity index (χ4n) is 4.59. The van der Waals surface area contributed by atoms with Gasteiger partial charge in [-0.2, -0.15) is 9.97 Å². The number of ether oxygens (including phenoxy) is 3. The summed E-state index contributed by atoms with van der Waals surface area (Å²) in [5.41, 5.74) is 9.90. The maximum absolute atomic E-state index is 8.72. The third kappa shape index (κ3) is 3.46. The van der Waals surface area contributed by atoms with Crippen molar-refractivity contribution in [1.82, 2.24) is 19.5 Å². The molecule has 2 aliphatic heterocycles. The summed E-state index contributed by atoms with van der Waals surface area (Å²) in [6.45, 7) is 3.84. The van der Waals surface area contributed by atoms with Crippen molar-refractivity contribution >= 4 is 28.6 Å². The molecular formula is C18H23ClN8O3. The molecule has 2 aromatic rings. The minimum Gasteiger partial charge on any atom is -0.365 e. The van der Waals surface area contributed by atoms with Gasteiger partial charge in [0.15, 0.2) is 29.0 Å². The Morgan fingerprint density at radius 3 is 2.83 bits per heavy atom. The molecule has 1 saturated carbocycles. The first-order valence-electron chi connectivity index (χ1n) is 10.1. The highest BCUT2D eigenvalue weighted by Crippen LogP contribution is 2.44. The number of halogens is 1. The van der Waals surface area contributed by atoms with E-state index in [-0.39, 0.29) is 17.9 Å². The Morgan fingerprint density at radius 2 is 2.07 bits per heavy atom.